The molecule has 0 aromatic heterocycles. The van der Waals surface area contributed by atoms with Gasteiger partial charge in [0.25, 0.3) is 0 Å². The molecule has 2 unspecified atom stereocenters. The molecule has 160 valence electrons. The Morgan fingerprint density at radius 1 is 0.600 bits per heavy atom. The molecule has 3 heteroatoms. The zero-order valence-electron chi connectivity index (χ0n) is 17.8. The van der Waals surface area contributed by atoms with Crippen molar-refractivity contribution in [3.8, 4) is 0 Å². The van der Waals surface area contributed by atoms with Gasteiger partial charge in [-0.15, -0.1) is 0 Å². The number of hydrogen-bond donors (Lipinski definition) is 2. The first kappa shape index (κ1) is 21.3. The van der Waals surface area contributed by atoms with E-state index >= 15 is 0 Å². The lowest BCUT2D eigenvalue weighted by molar-refractivity contribution is -0.138. The Labute approximate surface area is 180 Å². The van der Waals surface area contributed by atoms with Crippen LogP contribution >= 0.6 is 0 Å². The minimum absolute atomic E-state index is 0.0267. The molecule has 2 atom stereocenters. The molecular formula is C27H34O3. The molecule has 4 rings (SSSR count). The summed E-state index contributed by atoms with van der Waals surface area (Å²) in [6.07, 6.45) is 8.50. The maximum Gasteiger partial charge on any atom is 0.153 e. The van der Waals surface area contributed by atoms with Gasteiger partial charge in [0, 0.05) is 0 Å². The summed E-state index contributed by atoms with van der Waals surface area (Å²) in [5, 5.41) is 23.5. The molecule has 3 nitrogen and oxygen atoms in total. The summed E-state index contributed by atoms with van der Waals surface area (Å²) in [5.74, 6) is -1.26. The highest BCUT2D eigenvalue weighted by molar-refractivity contribution is 5.94. The van der Waals surface area contributed by atoms with Crippen LogP contribution in [-0.2, 0) is 4.79 Å². The average molecular weight is 407 g/mol. The first-order valence-electron chi connectivity index (χ1n) is 11.6. The monoisotopic (exact) mass is 406 g/mol. The van der Waals surface area contributed by atoms with Crippen LogP contribution in [-0.4, -0.2) is 27.2 Å². The van der Waals surface area contributed by atoms with Crippen LogP contribution in [0, 0.1) is 0 Å². The molecule has 2 aromatic carbocycles. The fraction of sp³-hybridized carbons (Fsp3) is 0.519. The molecule has 2 aliphatic rings. The van der Waals surface area contributed by atoms with Gasteiger partial charge < -0.3 is 10.2 Å². The molecule has 0 heterocycles. The van der Waals surface area contributed by atoms with E-state index in [1.54, 1.807) is 0 Å². The SMILES string of the molecule is O=C(C(c1ccccc1)C1(O)CCCCC1)C(c1ccccc1)C1(O)CCCCC1. The zero-order chi connectivity index (χ0) is 21.0. The standard InChI is InChI=1S/C27H34O3/c28-25(23(21-13-5-1-6-14-21)26(29)17-9-3-10-18-26)24(22-15-7-2-8-16-22)27(30)19-11-4-12-20-27/h1-2,5-8,13-16,23-24,29-30H,3-4,9-12,17-20H2. The Balaban J connectivity index is 1.80. The lowest BCUT2D eigenvalue weighted by Gasteiger charge is -2.44. The summed E-state index contributed by atoms with van der Waals surface area (Å²) in [6.45, 7) is 0. The molecule has 2 aliphatic carbocycles. The number of benzene rings is 2. The van der Waals surface area contributed by atoms with Crippen molar-refractivity contribution in [2.75, 3.05) is 0 Å². The van der Waals surface area contributed by atoms with Crippen LogP contribution in [0.25, 0.3) is 0 Å². The summed E-state index contributed by atoms with van der Waals surface area (Å²) < 4.78 is 0. The van der Waals surface area contributed by atoms with Crippen LogP contribution in [0.4, 0.5) is 0 Å². The van der Waals surface area contributed by atoms with Crippen molar-refractivity contribution in [2.24, 2.45) is 0 Å². The van der Waals surface area contributed by atoms with E-state index in [-0.39, 0.29) is 5.78 Å². The number of rotatable bonds is 6. The first-order valence-corrected chi connectivity index (χ1v) is 11.6. The van der Waals surface area contributed by atoms with Gasteiger partial charge in [0.2, 0.25) is 0 Å². The number of carbonyl (C=O) groups is 1. The highest BCUT2D eigenvalue weighted by Gasteiger charge is 2.50. The van der Waals surface area contributed by atoms with Crippen molar-refractivity contribution >= 4 is 5.78 Å². The van der Waals surface area contributed by atoms with Crippen molar-refractivity contribution in [1.82, 2.24) is 0 Å². The molecule has 0 aliphatic heterocycles. The van der Waals surface area contributed by atoms with Crippen LogP contribution in [0.15, 0.2) is 60.7 Å². The van der Waals surface area contributed by atoms with Gasteiger partial charge in [-0.25, -0.2) is 0 Å². The van der Waals surface area contributed by atoms with E-state index in [1.165, 1.54) is 0 Å². The summed E-state index contributed by atoms with van der Waals surface area (Å²) in [5.41, 5.74) is -0.358. The molecule has 0 radical (unpaired) electrons. The molecule has 30 heavy (non-hydrogen) atoms. The lowest BCUT2D eigenvalue weighted by Crippen LogP contribution is -2.49. The summed E-state index contributed by atoms with van der Waals surface area (Å²) in [6, 6.07) is 19.5. The van der Waals surface area contributed by atoms with Crippen molar-refractivity contribution in [1.29, 1.82) is 0 Å². The summed E-state index contributed by atoms with van der Waals surface area (Å²) in [4.78, 5) is 14.3. The van der Waals surface area contributed by atoms with Crippen LogP contribution in [0.3, 0.4) is 0 Å². The van der Waals surface area contributed by atoms with E-state index in [4.69, 9.17) is 0 Å². The van der Waals surface area contributed by atoms with Gasteiger partial charge in [0.15, 0.2) is 5.78 Å². The second kappa shape index (κ2) is 9.03. The Hall–Kier alpha value is -1.97. The number of Topliss-reactive ketones (excluding diaryl/α,β-unsaturated/α-hetero) is 1. The fourth-order valence-corrected chi connectivity index (χ4v) is 5.84. The number of carbonyl (C=O) groups excluding carboxylic acids is 1. The number of ketones is 1. The first-order chi connectivity index (χ1) is 14.5. The Morgan fingerprint density at radius 2 is 0.933 bits per heavy atom. The molecule has 0 spiro atoms. The third-order valence-electron chi connectivity index (χ3n) is 7.35. The molecular weight excluding hydrogens is 372 g/mol. The van der Waals surface area contributed by atoms with E-state index < -0.39 is 23.0 Å². The smallest absolute Gasteiger partial charge is 0.153 e. The Bertz CT molecular complexity index is 748. The van der Waals surface area contributed by atoms with Crippen LogP contribution in [0.2, 0.25) is 0 Å². The van der Waals surface area contributed by atoms with Gasteiger partial charge in [0.1, 0.15) is 0 Å². The normalized spacial score (nSPS) is 22.7. The van der Waals surface area contributed by atoms with Crippen LogP contribution < -0.4 is 0 Å². The predicted octanol–water partition coefficient (Wildman–Crippen LogP) is 5.51. The van der Waals surface area contributed by atoms with E-state index in [1.807, 2.05) is 60.7 Å². The highest BCUT2D eigenvalue weighted by Crippen LogP contribution is 2.48. The van der Waals surface area contributed by atoms with Crippen LogP contribution in [0.5, 0.6) is 0 Å². The van der Waals surface area contributed by atoms with Gasteiger partial charge in [-0.1, -0.05) is 99.2 Å². The number of aliphatic hydroxyl groups is 2. The van der Waals surface area contributed by atoms with Gasteiger partial charge >= 0.3 is 0 Å². The predicted molar refractivity (Wildman–Crippen MR) is 119 cm³/mol. The third kappa shape index (κ3) is 4.24. The van der Waals surface area contributed by atoms with E-state index in [0.717, 1.165) is 49.7 Å². The number of hydrogen-bond acceptors (Lipinski definition) is 3. The van der Waals surface area contributed by atoms with E-state index in [9.17, 15) is 15.0 Å². The fourth-order valence-electron chi connectivity index (χ4n) is 5.84. The zero-order valence-corrected chi connectivity index (χ0v) is 17.8. The second-order valence-corrected chi connectivity index (χ2v) is 9.42. The van der Waals surface area contributed by atoms with Gasteiger partial charge in [-0.3, -0.25) is 4.79 Å². The Morgan fingerprint density at radius 3 is 1.27 bits per heavy atom. The lowest BCUT2D eigenvalue weighted by atomic mass is 9.63. The van der Waals surface area contributed by atoms with Gasteiger partial charge in [-0.2, -0.15) is 0 Å². The van der Waals surface area contributed by atoms with E-state index in [2.05, 4.69) is 0 Å². The largest absolute Gasteiger partial charge is 0.389 e. The second-order valence-electron chi connectivity index (χ2n) is 9.42. The van der Waals surface area contributed by atoms with Crippen molar-refractivity contribution in [2.45, 2.75) is 87.2 Å². The third-order valence-corrected chi connectivity index (χ3v) is 7.35. The van der Waals surface area contributed by atoms with Crippen molar-refractivity contribution in [3.05, 3.63) is 71.8 Å². The molecule has 0 amide bonds. The van der Waals surface area contributed by atoms with E-state index in [0.29, 0.717) is 25.7 Å². The summed E-state index contributed by atoms with van der Waals surface area (Å²) >= 11 is 0. The topological polar surface area (TPSA) is 57.5 Å². The molecule has 2 saturated carbocycles. The quantitative estimate of drug-likeness (QED) is 0.665. The molecule has 2 fully saturated rings. The maximum absolute atomic E-state index is 14.3. The van der Waals surface area contributed by atoms with Crippen molar-refractivity contribution < 1.29 is 15.0 Å². The Kier molecular flexibility index (Phi) is 6.40. The van der Waals surface area contributed by atoms with Gasteiger partial charge in [-0.05, 0) is 36.8 Å². The molecule has 2 N–H and O–H groups in total. The maximum atomic E-state index is 14.3. The minimum atomic E-state index is -1.05. The molecule has 0 bridgehead atoms. The molecule has 0 saturated heterocycles. The summed E-state index contributed by atoms with van der Waals surface area (Å²) in [7, 11) is 0. The van der Waals surface area contributed by atoms with Crippen molar-refractivity contribution in [3.63, 3.8) is 0 Å². The molecule has 2 aromatic rings. The van der Waals surface area contributed by atoms with Gasteiger partial charge in [0.05, 0.1) is 23.0 Å². The highest BCUT2D eigenvalue weighted by atomic mass is 16.3. The average Bonchev–Trinajstić information content (AvgIpc) is 2.76. The minimum Gasteiger partial charge on any atom is -0.389 e. The van der Waals surface area contributed by atoms with Crippen LogP contribution in [0.1, 0.15) is 87.2 Å².